The number of ketones is 1. The number of anilines is 1. The molecule has 6 nitrogen and oxygen atoms in total. The number of Topliss-reactive ketones (excluding diaryl/α,β-unsaturated/α-hetero) is 1. The van der Waals surface area contributed by atoms with Crippen LogP contribution in [0.1, 0.15) is 38.5 Å². The first-order valence-electron chi connectivity index (χ1n) is 8.54. The predicted molar refractivity (Wildman–Crippen MR) is 98.8 cm³/mol. The van der Waals surface area contributed by atoms with Gasteiger partial charge in [0.05, 0.1) is 12.8 Å². The van der Waals surface area contributed by atoms with Crippen LogP contribution in [0.2, 0.25) is 5.02 Å². The van der Waals surface area contributed by atoms with Gasteiger partial charge >= 0.3 is 5.97 Å². The first kappa shape index (κ1) is 19.2. The third-order valence-corrected chi connectivity index (χ3v) is 4.30. The van der Waals surface area contributed by atoms with E-state index in [-0.39, 0.29) is 24.6 Å². The fourth-order valence-electron chi connectivity index (χ4n) is 2.66. The number of amidine groups is 1. The van der Waals surface area contributed by atoms with Gasteiger partial charge in [-0.3, -0.25) is 15.0 Å². The molecule has 7 heteroatoms. The largest absolute Gasteiger partial charge is 0.469 e. The normalized spacial score (nSPS) is 15.0. The summed E-state index contributed by atoms with van der Waals surface area (Å²) in [5.74, 6) is 0.0651. The second-order valence-electron chi connectivity index (χ2n) is 5.95. The van der Waals surface area contributed by atoms with Crippen molar-refractivity contribution in [3.8, 4) is 0 Å². The number of methoxy groups -OCH3 is 1. The Labute approximate surface area is 153 Å². The highest BCUT2D eigenvalue weighted by atomic mass is 35.5. The van der Waals surface area contributed by atoms with E-state index in [4.69, 9.17) is 11.6 Å². The van der Waals surface area contributed by atoms with Gasteiger partial charge in [0, 0.05) is 31.0 Å². The van der Waals surface area contributed by atoms with Crippen molar-refractivity contribution in [2.75, 3.05) is 25.6 Å². The molecule has 0 spiro atoms. The minimum absolute atomic E-state index is 0.0627. The second kappa shape index (κ2) is 10.0. The van der Waals surface area contributed by atoms with Gasteiger partial charge in [-0.05, 0) is 49.9 Å². The molecule has 0 radical (unpaired) electrons. The Morgan fingerprint density at radius 2 is 1.84 bits per heavy atom. The Bertz CT molecular complexity index is 610. The second-order valence-corrected chi connectivity index (χ2v) is 6.39. The van der Waals surface area contributed by atoms with Crippen LogP contribution in [0.25, 0.3) is 0 Å². The van der Waals surface area contributed by atoms with Gasteiger partial charge in [0.15, 0.2) is 11.6 Å². The van der Waals surface area contributed by atoms with E-state index < -0.39 is 0 Å². The summed E-state index contributed by atoms with van der Waals surface area (Å²) in [5, 5.41) is 4.99. The highest BCUT2D eigenvalue weighted by molar-refractivity contribution is 6.38. The first-order chi connectivity index (χ1) is 12.1. The van der Waals surface area contributed by atoms with Crippen LogP contribution < -0.4 is 5.43 Å². The van der Waals surface area contributed by atoms with Crippen molar-refractivity contribution in [1.82, 2.24) is 4.90 Å². The number of piperidine rings is 1. The molecule has 0 amide bonds. The van der Waals surface area contributed by atoms with Gasteiger partial charge in [0.25, 0.3) is 0 Å². The smallest absolute Gasteiger partial charge is 0.305 e. The number of hydrazone groups is 1. The first-order valence-corrected chi connectivity index (χ1v) is 8.92. The number of ether oxygens (including phenoxy) is 1. The number of rotatable bonds is 7. The number of carbonyl (C=O) groups is 2. The number of benzene rings is 1. The summed E-state index contributed by atoms with van der Waals surface area (Å²) >= 11 is 5.88. The molecule has 0 unspecified atom stereocenters. The molecule has 0 saturated carbocycles. The molecule has 1 fully saturated rings. The van der Waals surface area contributed by atoms with Gasteiger partial charge in [-0.25, -0.2) is 0 Å². The van der Waals surface area contributed by atoms with Crippen LogP contribution in [0.15, 0.2) is 29.4 Å². The monoisotopic (exact) mass is 365 g/mol. The molecule has 0 aliphatic carbocycles. The minimum Gasteiger partial charge on any atom is -0.469 e. The standard InChI is InChI=1S/C18H24ClN3O3/c1-25-17(24)7-5-6-16(23)18(22-12-3-2-4-13-22)21-20-15-10-8-14(19)9-11-15/h8-11,20H,2-7,12-13H2,1H3/b21-18+. The molecule has 2 rings (SSSR count). The SMILES string of the molecule is COC(=O)CCCC(=O)/C(=N\Nc1ccc(Cl)cc1)N1CCCCC1. The third-order valence-electron chi connectivity index (χ3n) is 4.05. The molecular weight excluding hydrogens is 342 g/mol. The zero-order valence-electron chi connectivity index (χ0n) is 14.5. The molecule has 1 aromatic carbocycles. The van der Waals surface area contributed by atoms with E-state index in [1.807, 2.05) is 4.90 Å². The third kappa shape index (κ3) is 6.38. The summed E-state index contributed by atoms with van der Waals surface area (Å²) < 4.78 is 4.61. The number of nitrogens with one attached hydrogen (secondary N) is 1. The maximum Gasteiger partial charge on any atom is 0.305 e. The topological polar surface area (TPSA) is 71.0 Å². The minimum atomic E-state index is -0.302. The van der Waals surface area contributed by atoms with Crippen molar-refractivity contribution >= 4 is 34.9 Å². The van der Waals surface area contributed by atoms with E-state index in [9.17, 15) is 9.59 Å². The van der Waals surface area contributed by atoms with Crippen LogP contribution in [0.4, 0.5) is 5.69 Å². The van der Waals surface area contributed by atoms with E-state index in [1.165, 1.54) is 13.5 Å². The van der Waals surface area contributed by atoms with Crippen molar-refractivity contribution in [2.45, 2.75) is 38.5 Å². The van der Waals surface area contributed by atoms with Gasteiger partial charge in [-0.1, -0.05) is 11.6 Å². The number of nitrogens with zero attached hydrogens (tertiary/aromatic N) is 2. The lowest BCUT2D eigenvalue weighted by molar-refractivity contribution is -0.140. The molecule has 1 N–H and O–H groups in total. The zero-order valence-corrected chi connectivity index (χ0v) is 15.2. The van der Waals surface area contributed by atoms with Gasteiger partial charge in [-0.2, -0.15) is 5.10 Å². The fraction of sp³-hybridized carbons (Fsp3) is 0.500. The van der Waals surface area contributed by atoms with Gasteiger partial charge < -0.3 is 9.64 Å². The summed E-state index contributed by atoms with van der Waals surface area (Å²) in [7, 11) is 1.35. The molecular formula is C18H24ClN3O3. The molecule has 0 bridgehead atoms. The van der Waals surface area contributed by atoms with Crippen LogP contribution in [0.3, 0.4) is 0 Å². The molecule has 0 aromatic heterocycles. The van der Waals surface area contributed by atoms with Gasteiger partial charge in [0.1, 0.15) is 0 Å². The highest BCUT2D eigenvalue weighted by Gasteiger charge is 2.21. The van der Waals surface area contributed by atoms with Crippen LogP contribution in [0.5, 0.6) is 0 Å². The molecule has 1 heterocycles. The number of hydrogen-bond donors (Lipinski definition) is 1. The predicted octanol–water partition coefficient (Wildman–Crippen LogP) is 3.46. The Morgan fingerprint density at radius 3 is 2.48 bits per heavy atom. The maximum atomic E-state index is 12.6. The lowest BCUT2D eigenvalue weighted by atomic mass is 10.1. The van der Waals surface area contributed by atoms with E-state index >= 15 is 0 Å². The lowest BCUT2D eigenvalue weighted by Crippen LogP contribution is -2.40. The highest BCUT2D eigenvalue weighted by Crippen LogP contribution is 2.15. The number of hydrogen-bond acceptors (Lipinski definition) is 5. The van der Waals surface area contributed by atoms with E-state index in [0.29, 0.717) is 17.3 Å². The summed E-state index contributed by atoms with van der Waals surface area (Å²) in [6, 6.07) is 7.14. The average Bonchev–Trinajstić information content (AvgIpc) is 2.64. The van der Waals surface area contributed by atoms with Gasteiger partial charge in [0.2, 0.25) is 0 Å². The van der Waals surface area contributed by atoms with Crippen LogP contribution >= 0.6 is 11.6 Å². The lowest BCUT2D eigenvalue weighted by Gasteiger charge is -2.29. The van der Waals surface area contributed by atoms with Crippen molar-refractivity contribution in [3.05, 3.63) is 29.3 Å². The molecule has 1 aliphatic heterocycles. The average molecular weight is 366 g/mol. The summed E-state index contributed by atoms with van der Waals surface area (Å²) in [6.45, 7) is 1.65. The Morgan fingerprint density at radius 1 is 1.16 bits per heavy atom. The summed E-state index contributed by atoms with van der Waals surface area (Å²) in [4.78, 5) is 25.8. The molecule has 1 aromatic rings. The number of likely N-dealkylation sites (tertiary alicyclic amines) is 1. The molecule has 0 atom stereocenters. The maximum absolute atomic E-state index is 12.6. The Hall–Kier alpha value is -2.08. The summed E-state index contributed by atoms with van der Waals surface area (Å²) in [5.41, 5.74) is 3.70. The van der Waals surface area contributed by atoms with Crippen molar-refractivity contribution in [2.24, 2.45) is 5.10 Å². The molecule has 25 heavy (non-hydrogen) atoms. The van der Waals surface area contributed by atoms with Crippen LogP contribution in [0, 0.1) is 0 Å². The number of esters is 1. The Balaban J connectivity index is 2.03. The number of halogens is 1. The molecule has 136 valence electrons. The van der Waals surface area contributed by atoms with E-state index in [1.54, 1.807) is 24.3 Å². The molecule has 1 saturated heterocycles. The summed E-state index contributed by atoms with van der Waals surface area (Å²) in [6.07, 6.45) is 4.24. The van der Waals surface area contributed by atoms with Crippen LogP contribution in [-0.4, -0.2) is 42.7 Å². The van der Waals surface area contributed by atoms with E-state index in [2.05, 4.69) is 15.3 Å². The van der Waals surface area contributed by atoms with E-state index in [0.717, 1.165) is 31.6 Å². The van der Waals surface area contributed by atoms with Crippen LogP contribution in [-0.2, 0) is 14.3 Å². The Kier molecular flexibility index (Phi) is 7.73. The zero-order chi connectivity index (χ0) is 18.1. The van der Waals surface area contributed by atoms with Crippen molar-refractivity contribution in [3.63, 3.8) is 0 Å². The quantitative estimate of drug-likeness (QED) is 0.347. The number of carbonyl (C=O) groups excluding carboxylic acids is 2. The molecule has 1 aliphatic rings. The van der Waals surface area contributed by atoms with Gasteiger partial charge in [-0.15, -0.1) is 0 Å². The van der Waals surface area contributed by atoms with Crippen molar-refractivity contribution < 1.29 is 14.3 Å². The fourth-order valence-corrected chi connectivity index (χ4v) is 2.79. The van der Waals surface area contributed by atoms with Crippen molar-refractivity contribution in [1.29, 1.82) is 0 Å².